The average molecular weight is 232 g/mol. The third-order valence-electron chi connectivity index (χ3n) is 3.83. The van der Waals surface area contributed by atoms with Gasteiger partial charge in [0.15, 0.2) is 0 Å². The molecule has 17 heavy (non-hydrogen) atoms. The molecule has 2 nitrogen and oxygen atoms in total. The summed E-state index contributed by atoms with van der Waals surface area (Å²) in [5, 5.41) is 1.06. The minimum Gasteiger partial charge on any atom is -0.361 e. The normalized spacial score (nSPS) is 18.9. The van der Waals surface area contributed by atoms with Gasteiger partial charge in [0, 0.05) is 17.1 Å². The lowest BCUT2D eigenvalue weighted by Crippen LogP contribution is -2.29. The number of likely N-dealkylation sites (tertiary alicyclic amines) is 1. The molecule has 0 radical (unpaired) electrons. The number of hydrogen-bond acceptors (Lipinski definition) is 1. The standard InChI is InChI=1S/C14H17FN2/c1-17-6-4-10(5-7-17)13-9-16-14-3-2-11(15)8-12(13)14/h2-3,8-10,16H,4-7H2,1H3. The Morgan fingerprint density at radius 1 is 1.29 bits per heavy atom. The van der Waals surface area contributed by atoms with Gasteiger partial charge in [0.2, 0.25) is 0 Å². The van der Waals surface area contributed by atoms with E-state index in [2.05, 4.69) is 23.1 Å². The van der Waals surface area contributed by atoms with Crippen LogP contribution in [-0.2, 0) is 0 Å². The molecular weight excluding hydrogens is 215 g/mol. The van der Waals surface area contributed by atoms with E-state index >= 15 is 0 Å². The van der Waals surface area contributed by atoms with Gasteiger partial charge in [0.05, 0.1) is 0 Å². The highest BCUT2D eigenvalue weighted by atomic mass is 19.1. The molecule has 0 bridgehead atoms. The second-order valence-electron chi connectivity index (χ2n) is 5.01. The molecule has 0 saturated carbocycles. The molecule has 2 aromatic rings. The molecule has 1 N–H and O–H groups in total. The van der Waals surface area contributed by atoms with Crippen LogP contribution in [0.2, 0.25) is 0 Å². The lowest BCUT2D eigenvalue weighted by atomic mass is 9.89. The minimum atomic E-state index is -0.147. The molecule has 1 aromatic carbocycles. The number of H-pyrrole nitrogens is 1. The number of benzene rings is 1. The van der Waals surface area contributed by atoms with Crippen LogP contribution < -0.4 is 0 Å². The summed E-state index contributed by atoms with van der Waals surface area (Å²) in [5.74, 6) is 0.424. The van der Waals surface area contributed by atoms with Crippen molar-refractivity contribution in [1.82, 2.24) is 9.88 Å². The first kappa shape index (κ1) is 10.8. The van der Waals surface area contributed by atoms with E-state index in [-0.39, 0.29) is 5.82 Å². The van der Waals surface area contributed by atoms with Crippen molar-refractivity contribution in [2.75, 3.05) is 20.1 Å². The zero-order valence-corrected chi connectivity index (χ0v) is 10.0. The summed E-state index contributed by atoms with van der Waals surface area (Å²) in [5.41, 5.74) is 2.33. The van der Waals surface area contributed by atoms with E-state index in [9.17, 15) is 4.39 Å². The molecule has 3 heteroatoms. The van der Waals surface area contributed by atoms with Crippen LogP contribution in [0.5, 0.6) is 0 Å². The van der Waals surface area contributed by atoms with Crippen LogP contribution in [-0.4, -0.2) is 30.0 Å². The van der Waals surface area contributed by atoms with Gasteiger partial charge in [-0.15, -0.1) is 0 Å². The molecular formula is C14H17FN2. The van der Waals surface area contributed by atoms with Gasteiger partial charge in [-0.3, -0.25) is 0 Å². The molecule has 1 saturated heterocycles. The maximum Gasteiger partial charge on any atom is 0.123 e. The molecule has 0 aliphatic carbocycles. The van der Waals surface area contributed by atoms with E-state index < -0.39 is 0 Å². The Morgan fingerprint density at radius 3 is 2.82 bits per heavy atom. The van der Waals surface area contributed by atoms with Crippen molar-refractivity contribution in [2.45, 2.75) is 18.8 Å². The molecule has 1 fully saturated rings. The zero-order chi connectivity index (χ0) is 11.8. The molecule has 0 amide bonds. The molecule has 90 valence electrons. The maximum atomic E-state index is 13.3. The first-order chi connectivity index (χ1) is 8.24. The van der Waals surface area contributed by atoms with E-state index in [1.807, 2.05) is 6.07 Å². The number of halogens is 1. The van der Waals surface area contributed by atoms with Crippen molar-refractivity contribution < 1.29 is 4.39 Å². The van der Waals surface area contributed by atoms with Crippen molar-refractivity contribution in [1.29, 1.82) is 0 Å². The van der Waals surface area contributed by atoms with Crippen LogP contribution in [0.1, 0.15) is 24.3 Å². The predicted molar refractivity (Wildman–Crippen MR) is 67.7 cm³/mol. The second-order valence-corrected chi connectivity index (χ2v) is 5.01. The van der Waals surface area contributed by atoms with Crippen LogP contribution >= 0.6 is 0 Å². The highest BCUT2D eigenvalue weighted by molar-refractivity contribution is 5.83. The molecule has 0 atom stereocenters. The zero-order valence-electron chi connectivity index (χ0n) is 10.0. The summed E-state index contributed by atoms with van der Waals surface area (Å²) >= 11 is 0. The first-order valence-electron chi connectivity index (χ1n) is 6.19. The Hall–Kier alpha value is -1.35. The van der Waals surface area contributed by atoms with Gasteiger partial charge in [-0.25, -0.2) is 4.39 Å². The Balaban J connectivity index is 1.97. The topological polar surface area (TPSA) is 19.0 Å². The van der Waals surface area contributed by atoms with E-state index in [0.717, 1.165) is 24.0 Å². The van der Waals surface area contributed by atoms with Gasteiger partial charge in [-0.2, -0.15) is 0 Å². The van der Waals surface area contributed by atoms with E-state index in [1.165, 1.54) is 24.5 Å². The van der Waals surface area contributed by atoms with E-state index in [1.54, 1.807) is 6.07 Å². The molecule has 1 aliphatic rings. The largest absolute Gasteiger partial charge is 0.361 e. The second kappa shape index (κ2) is 4.15. The smallest absolute Gasteiger partial charge is 0.123 e. The predicted octanol–water partition coefficient (Wildman–Crippen LogP) is 3.12. The fourth-order valence-corrected chi connectivity index (χ4v) is 2.77. The quantitative estimate of drug-likeness (QED) is 0.800. The van der Waals surface area contributed by atoms with Crippen LogP contribution in [0.25, 0.3) is 10.9 Å². The summed E-state index contributed by atoms with van der Waals surface area (Å²) in [6, 6.07) is 4.99. The van der Waals surface area contributed by atoms with Crippen molar-refractivity contribution >= 4 is 10.9 Å². The monoisotopic (exact) mass is 232 g/mol. The van der Waals surface area contributed by atoms with Gasteiger partial charge in [-0.05, 0) is 62.7 Å². The first-order valence-corrected chi connectivity index (χ1v) is 6.19. The van der Waals surface area contributed by atoms with Crippen LogP contribution in [0, 0.1) is 5.82 Å². The van der Waals surface area contributed by atoms with Crippen molar-refractivity contribution in [2.24, 2.45) is 0 Å². The molecule has 2 heterocycles. The number of rotatable bonds is 1. The van der Waals surface area contributed by atoms with Gasteiger partial charge in [0.1, 0.15) is 5.82 Å². The van der Waals surface area contributed by atoms with E-state index in [4.69, 9.17) is 0 Å². The Labute approximate surface area is 100 Å². The lowest BCUT2D eigenvalue weighted by molar-refractivity contribution is 0.256. The summed E-state index contributed by atoms with van der Waals surface area (Å²) in [4.78, 5) is 5.60. The van der Waals surface area contributed by atoms with Crippen molar-refractivity contribution in [3.63, 3.8) is 0 Å². The van der Waals surface area contributed by atoms with Crippen LogP contribution in [0.3, 0.4) is 0 Å². The summed E-state index contributed by atoms with van der Waals surface area (Å²) < 4.78 is 13.3. The Bertz CT molecular complexity index is 524. The third-order valence-corrected chi connectivity index (χ3v) is 3.83. The van der Waals surface area contributed by atoms with Crippen LogP contribution in [0.15, 0.2) is 24.4 Å². The average Bonchev–Trinajstić information content (AvgIpc) is 2.73. The fourth-order valence-electron chi connectivity index (χ4n) is 2.77. The highest BCUT2D eigenvalue weighted by Crippen LogP contribution is 2.32. The summed E-state index contributed by atoms with van der Waals surface area (Å²) in [7, 11) is 2.16. The molecule has 1 aromatic heterocycles. The number of aromatic amines is 1. The molecule has 3 rings (SSSR count). The molecule has 0 spiro atoms. The number of fused-ring (bicyclic) bond motifs is 1. The van der Waals surface area contributed by atoms with Crippen molar-refractivity contribution in [3.05, 3.63) is 35.8 Å². The Morgan fingerprint density at radius 2 is 2.06 bits per heavy atom. The summed E-state index contributed by atoms with van der Waals surface area (Å²) in [6.07, 6.45) is 4.39. The highest BCUT2D eigenvalue weighted by Gasteiger charge is 2.20. The van der Waals surface area contributed by atoms with E-state index in [0.29, 0.717) is 5.92 Å². The van der Waals surface area contributed by atoms with Gasteiger partial charge in [0.25, 0.3) is 0 Å². The van der Waals surface area contributed by atoms with Crippen LogP contribution in [0.4, 0.5) is 4.39 Å². The third kappa shape index (κ3) is 1.95. The summed E-state index contributed by atoms with van der Waals surface area (Å²) in [6.45, 7) is 2.26. The molecule has 1 aliphatic heterocycles. The molecule has 0 unspecified atom stereocenters. The van der Waals surface area contributed by atoms with Crippen molar-refractivity contribution in [3.8, 4) is 0 Å². The number of nitrogens with zero attached hydrogens (tertiary/aromatic N) is 1. The number of hydrogen-bond donors (Lipinski definition) is 1. The minimum absolute atomic E-state index is 0.147. The number of aromatic nitrogens is 1. The lowest BCUT2D eigenvalue weighted by Gasteiger charge is -2.28. The van der Waals surface area contributed by atoms with Gasteiger partial charge in [-0.1, -0.05) is 0 Å². The van der Waals surface area contributed by atoms with Gasteiger partial charge >= 0.3 is 0 Å². The van der Waals surface area contributed by atoms with Gasteiger partial charge < -0.3 is 9.88 Å². The Kier molecular flexibility index (Phi) is 2.63. The number of nitrogens with one attached hydrogen (secondary N) is 1. The fraction of sp³-hybridized carbons (Fsp3) is 0.429. The SMILES string of the molecule is CN1CCC(c2c[nH]c3ccc(F)cc23)CC1. The maximum absolute atomic E-state index is 13.3. The number of piperidine rings is 1.